The number of aryl methyl sites for hydroxylation is 1. The van der Waals surface area contributed by atoms with Crippen LogP contribution in [0.3, 0.4) is 0 Å². The molecule has 1 unspecified atom stereocenters. The van der Waals surface area contributed by atoms with Gasteiger partial charge in [-0.1, -0.05) is 60.2 Å². The lowest BCUT2D eigenvalue weighted by atomic mass is 9.97. The molecule has 3 nitrogen and oxygen atoms in total. The molecular formula is C17H19NO2. The Morgan fingerprint density at radius 2 is 1.80 bits per heavy atom. The summed E-state index contributed by atoms with van der Waals surface area (Å²) in [7, 11) is 1.52. The van der Waals surface area contributed by atoms with E-state index in [4.69, 9.17) is 4.74 Å². The topological polar surface area (TPSA) is 38.3 Å². The number of carbonyl (C=O) groups is 1. The molecule has 1 amide bonds. The van der Waals surface area contributed by atoms with Crippen molar-refractivity contribution in [3.8, 4) is 0 Å². The predicted molar refractivity (Wildman–Crippen MR) is 79.5 cm³/mol. The molecule has 2 rings (SSSR count). The van der Waals surface area contributed by atoms with Crippen molar-refractivity contribution in [3.63, 3.8) is 0 Å². The van der Waals surface area contributed by atoms with Crippen LogP contribution < -0.4 is 5.32 Å². The maximum atomic E-state index is 11.8. The van der Waals surface area contributed by atoms with Gasteiger partial charge in [0.1, 0.15) is 6.61 Å². The first-order valence-corrected chi connectivity index (χ1v) is 6.60. The lowest BCUT2D eigenvalue weighted by molar-refractivity contribution is -0.125. The van der Waals surface area contributed by atoms with Gasteiger partial charge in [-0.2, -0.15) is 0 Å². The molecule has 0 saturated heterocycles. The number of hydrogen-bond donors (Lipinski definition) is 1. The third-order valence-corrected chi connectivity index (χ3v) is 3.09. The van der Waals surface area contributed by atoms with E-state index >= 15 is 0 Å². The number of hydrogen-bond acceptors (Lipinski definition) is 2. The highest BCUT2D eigenvalue weighted by Crippen LogP contribution is 2.22. The van der Waals surface area contributed by atoms with Gasteiger partial charge in [-0.3, -0.25) is 4.79 Å². The Balaban J connectivity index is 2.31. The van der Waals surface area contributed by atoms with Gasteiger partial charge in [0.05, 0.1) is 6.04 Å². The van der Waals surface area contributed by atoms with E-state index < -0.39 is 0 Å². The molecule has 0 heterocycles. The van der Waals surface area contributed by atoms with Crippen molar-refractivity contribution in [1.82, 2.24) is 5.32 Å². The van der Waals surface area contributed by atoms with E-state index in [2.05, 4.69) is 11.4 Å². The number of rotatable bonds is 5. The van der Waals surface area contributed by atoms with Crippen LogP contribution in [0.4, 0.5) is 0 Å². The van der Waals surface area contributed by atoms with E-state index in [-0.39, 0.29) is 18.6 Å². The third-order valence-electron chi connectivity index (χ3n) is 3.09. The van der Waals surface area contributed by atoms with Gasteiger partial charge in [-0.15, -0.1) is 0 Å². The van der Waals surface area contributed by atoms with Crippen LogP contribution in [0, 0.1) is 6.92 Å². The number of ether oxygens (including phenoxy) is 1. The average molecular weight is 269 g/mol. The fourth-order valence-corrected chi connectivity index (χ4v) is 2.19. The number of carbonyl (C=O) groups excluding carboxylic acids is 1. The van der Waals surface area contributed by atoms with Crippen LogP contribution in [0.1, 0.15) is 22.7 Å². The monoisotopic (exact) mass is 269 g/mol. The number of amides is 1. The van der Waals surface area contributed by atoms with E-state index in [1.807, 2.05) is 55.5 Å². The molecule has 0 aromatic heterocycles. The fourth-order valence-electron chi connectivity index (χ4n) is 2.19. The van der Waals surface area contributed by atoms with E-state index in [0.717, 1.165) is 11.1 Å². The van der Waals surface area contributed by atoms with Crippen molar-refractivity contribution < 1.29 is 9.53 Å². The zero-order valence-electron chi connectivity index (χ0n) is 11.8. The summed E-state index contributed by atoms with van der Waals surface area (Å²) < 4.78 is 4.89. The van der Waals surface area contributed by atoms with E-state index in [1.54, 1.807) is 0 Å². The van der Waals surface area contributed by atoms with Crippen LogP contribution in [0.15, 0.2) is 54.6 Å². The summed E-state index contributed by atoms with van der Waals surface area (Å²) in [4.78, 5) is 11.8. The van der Waals surface area contributed by atoms with E-state index in [0.29, 0.717) is 0 Å². The Kier molecular flexibility index (Phi) is 4.91. The van der Waals surface area contributed by atoms with Gasteiger partial charge < -0.3 is 10.1 Å². The smallest absolute Gasteiger partial charge is 0.246 e. The second kappa shape index (κ2) is 6.87. The first-order valence-electron chi connectivity index (χ1n) is 6.60. The molecule has 1 N–H and O–H groups in total. The maximum Gasteiger partial charge on any atom is 0.246 e. The SMILES string of the molecule is COCC(=O)NC(c1ccccc1)c1cccc(C)c1. The Morgan fingerprint density at radius 3 is 2.45 bits per heavy atom. The summed E-state index contributed by atoms with van der Waals surface area (Å²) in [5, 5.41) is 3.01. The lowest BCUT2D eigenvalue weighted by Crippen LogP contribution is -2.32. The minimum absolute atomic E-state index is 0.0646. The maximum absolute atomic E-state index is 11.8. The van der Waals surface area contributed by atoms with E-state index in [1.165, 1.54) is 12.7 Å². The van der Waals surface area contributed by atoms with Gasteiger partial charge in [0.25, 0.3) is 0 Å². The molecule has 0 aliphatic carbocycles. The molecule has 3 heteroatoms. The van der Waals surface area contributed by atoms with Crippen LogP contribution >= 0.6 is 0 Å². The van der Waals surface area contributed by atoms with Gasteiger partial charge in [-0.25, -0.2) is 0 Å². The van der Waals surface area contributed by atoms with Crippen molar-refractivity contribution >= 4 is 5.91 Å². The predicted octanol–water partition coefficient (Wildman–Crippen LogP) is 2.85. The van der Waals surface area contributed by atoms with Crippen LogP contribution in [0.25, 0.3) is 0 Å². The molecule has 0 bridgehead atoms. The molecule has 0 fully saturated rings. The second-order valence-electron chi connectivity index (χ2n) is 4.76. The Hall–Kier alpha value is -2.13. The molecular weight excluding hydrogens is 250 g/mol. The number of nitrogens with one attached hydrogen (secondary N) is 1. The standard InChI is InChI=1S/C17H19NO2/c1-13-7-6-10-15(11-13)17(18-16(19)12-20-2)14-8-4-3-5-9-14/h3-11,17H,12H2,1-2H3,(H,18,19). The summed E-state index contributed by atoms with van der Waals surface area (Å²) in [5.74, 6) is -0.122. The Bertz CT molecular complexity index is 566. The zero-order chi connectivity index (χ0) is 14.4. The summed E-state index contributed by atoms with van der Waals surface area (Å²) >= 11 is 0. The van der Waals surface area contributed by atoms with Gasteiger partial charge in [0.2, 0.25) is 5.91 Å². The highest BCUT2D eigenvalue weighted by Gasteiger charge is 2.16. The van der Waals surface area contributed by atoms with Crippen molar-refractivity contribution in [2.24, 2.45) is 0 Å². The lowest BCUT2D eigenvalue weighted by Gasteiger charge is -2.20. The molecule has 2 aromatic carbocycles. The van der Waals surface area contributed by atoms with Crippen molar-refractivity contribution in [2.75, 3.05) is 13.7 Å². The van der Waals surface area contributed by atoms with Gasteiger partial charge in [0.15, 0.2) is 0 Å². The first-order chi connectivity index (χ1) is 9.70. The number of benzene rings is 2. The zero-order valence-corrected chi connectivity index (χ0v) is 11.8. The molecule has 104 valence electrons. The summed E-state index contributed by atoms with van der Waals surface area (Å²) in [6.07, 6.45) is 0. The highest BCUT2D eigenvalue weighted by molar-refractivity contribution is 5.78. The minimum atomic E-state index is -0.154. The van der Waals surface area contributed by atoms with Gasteiger partial charge >= 0.3 is 0 Å². The molecule has 0 aliphatic heterocycles. The van der Waals surface area contributed by atoms with E-state index in [9.17, 15) is 4.79 Å². The largest absolute Gasteiger partial charge is 0.375 e. The summed E-state index contributed by atoms with van der Waals surface area (Å²) in [6, 6.07) is 17.9. The van der Waals surface area contributed by atoms with Crippen LogP contribution in [-0.4, -0.2) is 19.6 Å². The van der Waals surface area contributed by atoms with Crippen molar-refractivity contribution in [2.45, 2.75) is 13.0 Å². The highest BCUT2D eigenvalue weighted by atomic mass is 16.5. The van der Waals surface area contributed by atoms with Crippen LogP contribution in [-0.2, 0) is 9.53 Å². The van der Waals surface area contributed by atoms with Gasteiger partial charge in [-0.05, 0) is 18.1 Å². The Morgan fingerprint density at radius 1 is 1.10 bits per heavy atom. The van der Waals surface area contributed by atoms with Crippen LogP contribution in [0.5, 0.6) is 0 Å². The van der Waals surface area contributed by atoms with Crippen molar-refractivity contribution in [3.05, 3.63) is 71.3 Å². The molecule has 0 saturated carbocycles. The fraction of sp³-hybridized carbons (Fsp3) is 0.235. The normalized spacial score (nSPS) is 11.9. The molecule has 0 spiro atoms. The van der Waals surface area contributed by atoms with Crippen LogP contribution in [0.2, 0.25) is 0 Å². The average Bonchev–Trinajstić information content (AvgIpc) is 2.46. The molecule has 20 heavy (non-hydrogen) atoms. The van der Waals surface area contributed by atoms with Crippen molar-refractivity contribution in [1.29, 1.82) is 0 Å². The second-order valence-corrected chi connectivity index (χ2v) is 4.76. The van der Waals surface area contributed by atoms with Gasteiger partial charge in [0, 0.05) is 7.11 Å². The number of methoxy groups -OCH3 is 1. The molecule has 0 aliphatic rings. The third kappa shape index (κ3) is 3.68. The summed E-state index contributed by atoms with van der Waals surface area (Å²) in [6.45, 7) is 2.11. The molecule has 1 atom stereocenters. The molecule has 2 aromatic rings. The molecule has 0 radical (unpaired) electrons. The minimum Gasteiger partial charge on any atom is -0.375 e. The first kappa shape index (κ1) is 14.3. The summed E-state index contributed by atoms with van der Waals surface area (Å²) in [5.41, 5.74) is 3.30. The quantitative estimate of drug-likeness (QED) is 0.906. The Labute approximate surface area is 119 Å².